The van der Waals surface area contributed by atoms with Gasteiger partial charge in [0, 0.05) is 63.0 Å². The molecule has 420 valence electrons. The second-order valence-corrected chi connectivity index (χ2v) is 19.2. The number of likely N-dealkylation sites (N-methyl/N-ethyl adjacent to an activating group) is 2. The molecule has 0 saturated carbocycles. The van der Waals surface area contributed by atoms with Gasteiger partial charge in [-0.05, 0) is 173 Å². The number of alkyl halides is 1. The summed E-state index contributed by atoms with van der Waals surface area (Å²) in [5, 5.41) is 16.8. The quantitative estimate of drug-likeness (QED) is 0.0227. The highest BCUT2D eigenvalue weighted by Crippen LogP contribution is 2.38. The van der Waals surface area contributed by atoms with Crippen LogP contribution in [0.1, 0.15) is 86.8 Å². The first-order valence-corrected chi connectivity index (χ1v) is 27.0. The van der Waals surface area contributed by atoms with Crippen molar-refractivity contribution >= 4 is 71.8 Å². The van der Waals surface area contributed by atoms with Crippen LogP contribution in [0.25, 0.3) is 44.1 Å². The highest BCUT2D eigenvalue weighted by molar-refractivity contribution is 9.09. The van der Waals surface area contributed by atoms with Gasteiger partial charge in [0.15, 0.2) is 0 Å². The molecule has 0 aliphatic rings. The first kappa shape index (κ1) is 62.8. The van der Waals surface area contributed by atoms with Crippen LogP contribution < -0.4 is 15.2 Å². The second-order valence-electron chi connectivity index (χ2n) is 18.5. The fourth-order valence-corrected chi connectivity index (χ4v) is 8.71. The van der Waals surface area contributed by atoms with Crippen molar-refractivity contribution in [3.8, 4) is 11.5 Å². The molecule has 8 aromatic rings. The predicted molar refractivity (Wildman–Crippen MR) is 320 cm³/mol. The van der Waals surface area contributed by atoms with Crippen molar-refractivity contribution in [1.82, 2.24) is 30.2 Å². The summed E-state index contributed by atoms with van der Waals surface area (Å²) in [6, 6.07) is 34.7. The van der Waals surface area contributed by atoms with Gasteiger partial charge in [0.05, 0.1) is 30.0 Å². The van der Waals surface area contributed by atoms with Gasteiger partial charge in [0.1, 0.15) is 41.4 Å². The molecular formula is C64H70BrF4N7O4. The fourth-order valence-electron chi connectivity index (χ4n) is 8.53. The first-order valence-electron chi connectivity index (χ1n) is 25.9. The lowest BCUT2D eigenvalue weighted by Gasteiger charge is -2.17. The minimum absolute atomic E-state index is 0. The highest BCUT2D eigenvalue weighted by Gasteiger charge is 2.18. The van der Waals surface area contributed by atoms with Crippen LogP contribution in [0.3, 0.4) is 0 Å². The van der Waals surface area contributed by atoms with Crippen molar-refractivity contribution in [1.29, 1.82) is 0 Å². The van der Waals surface area contributed by atoms with E-state index in [0.717, 1.165) is 109 Å². The number of nitrogens with two attached hydrogens (primary N) is 1. The van der Waals surface area contributed by atoms with Crippen LogP contribution in [0.15, 0.2) is 158 Å². The number of hydrogen-bond acceptors (Lipinski definition) is 7. The third kappa shape index (κ3) is 18.0. The van der Waals surface area contributed by atoms with Crippen LogP contribution in [0, 0.1) is 23.3 Å². The number of unbranched alkanes of at least 4 members (excludes halogenated alkanes) is 2. The zero-order valence-electron chi connectivity index (χ0n) is 45.3. The molecule has 80 heavy (non-hydrogen) atoms. The number of hydrogen-bond donors (Lipinski definition) is 3. The molecule has 0 saturated heterocycles. The lowest BCUT2D eigenvalue weighted by atomic mass is 9.87. The number of aromatic amines is 2. The number of halogens is 5. The van der Waals surface area contributed by atoms with Crippen LogP contribution in [-0.4, -0.2) is 95.3 Å². The summed E-state index contributed by atoms with van der Waals surface area (Å²) in [6.45, 7) is 5.40. The number of amides is 2. The largest absolute Gasteiger partial charge is 0.494 e. The Bertz CT molecular complexity index is 3380. The molecule has 2 heterocycles. The van der Waals surface area contributed by atoms with Crippen LogP contribution in [0.5, 0.6) is 11.5 Å². The summed E-state index contributed by atoms with van der Waals surface area (Å²) in [6.07, 6.45) is 14.1. The van der Waals surface area contributed by atoms with Gasteiger partial charge in [0.2, 0.25) is 11.8 Å². The normalized spacial score (nSPS) is 11.8. The van der Waals surface area contributed by atoms with Crippen LogP contribution in [-0.2, 0) is 9.59 Å². The molecule has 0 aliphatic heterocycles. The molecule has 0 radical (unpaired) electrons. The SMILES string of the molecule is C.CC/C(=C(/c1ccc(OCCCC/C=C/C(=O)N(C)C)cc1)c1ccc2[nH]ncc2c1)c1cc(F)cc(F)c1.CC/C(=C(/c1ccc(OCCN)cc1)c1ccc2[nH]ncc2c1)c1cc(F)cc(F)c1.CN(C)C(=O)/C=C/CBr. The average Bonchev–Trinajstić information content (AvgIpc) is 4.23. The zero-order valence-corrected chi connectivity index (χ0v) is 46.9. The number of nitrogens with zero attached hydrogens (tertiary/aromatic N) is 4. The number of allylic oxidation sites excluding steroid dienone is 4. The molecule has 4 N–H and O–H groups in total. The summed E-state index contributed by atoms with van der Waals surface area (Å²) < 4.78 is 68.0. The highest BCUT2D eigenvalue weighted by atomic mass is 79.9. The maximum Gasteiger partial charge on any atom is 0.245 e. The van der Waals surface area contributed by atoms with E-state index >= 15 is 0 Å². The number of carbonyl (C=O) groups is 2. The lowest BCUT2D eigenvalue weighted by Crippen LogP contribution is -2.18. The van der Waals surface area contributed by atoms with E-state index in [-0.39, 0.29) is 19.2 Å². The van der Waals surface area contributed by atoms with Crippen LogP contribution in [0.4, 0.5) is 17.6 Å². The van der Waals surface area contributed by atoms with E-state index in [1.165, 1.54) is 35.2 Å². The number of carbonyl (C=O) groups excluding carboxylic acids is 2. The molecule has 0 spiro atoms. The van der Waals surface area contributed by atoms with Gasteiger partial charge in [-0.25, -0.2) is 17.6 Å². The summed E-state index contributed by atoms with van der Waals surface area (Å²) in [7, 11) is 6.90. The van der Waals surface area contributed by atoms with Crippen molar-refractivity contribution in [3.05, 3.63) is 215 Å². The van der Waals surface area contributed by atoms with E-state index in [1.54, 1.807) is 57.6 Å². The maximum atomic E-state index is 14.2. The molecule has 11 nitrogen and oxygen atoms in total. The van der Waals surface area contributed by atoms with Crippen molar-refractivity contribution in [3.63, 3.8) is 0 Å². The predicted octanol–water partition coefficient (Wildman–Crippen LogP) is 14.6. The molecule has 16 heteroatoms. The Balaban J connectivity index is 0.000000256. The standard InChI is InChI=1S/C32H33F2N3O2.C25H23F2N3O.C6H10BrNO.CH4/c1-4-29(24-18-26(33)20-27(34)19-24)32(23-12-15-30-25(17-23)21-35-36-30)22-10-13-28(14-11-22)39-16-8-6-5-7-9-31(38)37(2)3;1-2-23(18-12-20(26)14-21(27)13-18)25(16-3-6-22(7-4-16)31-10-9-28)17-5-8-24-19(11-17)15-29-30-24;1-8(2)6(9)4-3-5-7;/h7,9-15,17-21H,4-6,8,16H2,1-3H3,(H,35,36);3-8,11-15H,2,9-10,28H2,1H3,(H,29,30);3-4H,5H2,1-2H3;1H4/b9-7+,32-29+;25-23+;4-3+;. The number of benzene rings is 6. The van der Waals surface area contributed by atoms with E-state index in [2.05, 4.69) is 36.3 Å². The van der Waals surface area contributed by atoms with Gasteiger partial charge >= 0.3 is 0 Å². The van der Waals surface area contributed by atoms with E-state index in [4.69, 9.17) is 15.2 Å². The summed E-state index contributed by atoms with van der Waals surface area (Å²) >= 11 is 3.17. The van der Waals surface area contributed by atoms with Gasteiger partial charge in [-0.2, -0.15) is 10.2 Å². The molecule has 2 amide bonds. The van der Waals surface area contributed by atoms with Crippen molar-refractivity contribution < 1.29 is 36.6 Å². The molecule has 0 atom stereocenters. The third-order valence-electron chi connectivity index (χ3n) is 12.4. The molecule has 6 aromatic carbocycles. The third-order valence-corrected chi connectivity index (χ3v) is 12.8. The minimum atomic E-state index is -0.607. The molecule has 0 aliphatic carbocycles. The number of ether oxygens (including phenoxy) is 2. The van der Waals surface area contributed by atoms with Crippen molar-refractivity contribution in [2.24, 2.45) is 5.73 Å². The number of nitrogens with one attached hydrogen (secondary N) is 2. The van der Waals surface area contributed by atoms with Gasteiger partial charge in [0.25, 0.3) is 0 Å². The molecule has 0 fully saturated rings. The van der Waals surface area contributed by atoms with E-state index in [0.29, 0.717) is 49.5 Å². The average molecular weight is 1160 g/mol. The Labute approximate surface area is 475 Å². The topological polar surface area (TPSA) is 142 Å². The minimum Gasteiger partial charge on any atom is -0.494 e. The molecular weight excluding hydrogens is 1090 g/mol. The van der Waals surface area contributed by atoms with Crippen LogP contribution in [0.2, 0.25) is 0 Å². The Kier molecular flexibility index (Phi) is 24.7. The van der Waals surface area contributed by atoms with Crippen molar-refractivity contribution in [2.45, 2.75) is 53.4 Å². The second kappa shape index (κ2) is 31.5. The summed E-state index contributed by atoms with van der Waals surface area (Å²) in [4.78, 5) is 25.4. The van der Waals surface area contributed by atoms with Gasteiger partial charge in [-0.1, -0.05) is 85.8 Å². The van der Waals surface area contributed by atoms with Crippen LogP contribution >= 0.6 is 15.9 Å². The van der Waals surface area contributed by atoms with E-state index in [1.807, 2.05) is 105 Å². The smallest absolute Gasteiger partial charge is 0.245 e. The number of H-pyrrole nitrogens is 2. The Morgan fingerprint density at radius 1 is 0.550 bits per heavy atom. The molecule has 0 unspecified atom stereocenters. The number of aromatic nitrogens is 4. The summed E-state index contributed by atoms with van der Waals surface area (Å²) in [5.74, 6) is -0.946. The monoisotopic (exact) mass is 1160 g/mol. The van der Waals surface area contributed by atoms with Gasteiger partial charge < -0.3 is 25.0 Å². The van der Waals surface area contributed by atoms with E-state index < -0.39 is 23.3 Å². The molecule has 0 bridgehead atoms. The first-order chi connectivity index (χ1) is 38.1. The molecule has 2 aromatic heterocycles. The maximum absolute atomic E-state index is 14.2. The van der Waals surface area contributed by atoms with E-state index in [9.17, 15) is 27.2 Å². The lowest BCUT2D eigenvalue weighted by molar-refractivity contribution is -0.124. The Morgan fingerprint density at radius 3 is 1.34 bits per heavy atom. The summed E-state index contributed by atoms with van der Waals surface area (Å²) in [5.41, 5.74) is 15.6. The molecule has 8 rings (SSSR count). The Morgan fingerprint density at radius 2 is 0.950 bits per heavy atom. The van der Waals surface area contributed by atoms with Crippen molar-refractivity contribution in [2.75, 3.05) is 53.3 Å². The number of fused-ring (bicyclic) bond motifs is 2. The van der Waals surface area contributed by atoms with Gasteiger partial charge in [-0.15, -0.1) is 0 Å². The fraction of sp³-hybridized carbons (Fsp3) is 0.250. The zero-order chi connectivity index (χ0) is 56.8. The number of rotatable bonds is 20. The Hall–Kier alpha value is -8.08. The van der Waals surface area contributed by atoms with Gasteiger partial charge in [-0.3, -0.25) is 19.8 Å².